The van der Waals surface area contributed by atoms with Gasteiger partial charge in [0.1, 0.15) is 6.29 Å². The highest BCUT2D eigenvalue weighted by Gasteiger charge is 2.15. The Bertz CT molecular complexity index is 334. The molecule has 1 aromatic carbocycles. The first kappa shape index (κ1) is 10.9. The van der Waals surface area contributed by atoms with Crippen LogP contribution in [0.4, 0.5) is 0 Å². The normalized spacial score (nSPS) is 14.9. The third kappa shape index (κ3) is 2.19. The first-order valence-electron chi connectivity index (χ1n) is 4.55. The second kappa shape index (κ2) is 4.35. The van der Waals surface area contributed by atoms with Crippen molar-refractivity contribution in [1.82, 2.24) is 0 Å². The van der Waals surface area contributed by atoms with E-state index < -0.39 is 6.10 Å². The number of hydrogen-bond donors (Lipinski definition) is 2. The summed E-state index contributed by atoms with van der Waals surface area (Å²) < 4.78 is 0. The van der Waals surface area contributed by atoms with Crippen LogP contribution in [0.1, 0.15) is 34.5 Å². The highest BCUT2D eigenvalue weighted by atomic mass is 16.3. The first-order chi connectivity index (χ1) is 6.56. The van der Waals surface area contributed by atoms with Crippen molar-refractivity contribution < 1.29 is 9.90 Å². The van der Waals surface area contributed by atoms with Gasteiger partial charge in [-0.25, -0.2) is 0 Å². The molecule has 1 rings (SSSR count). The van der Waals surface area contributed by atoms with Gasteiger partial charge in [-0.1, -0.05) is 23.8 Å². The molecule has 14 heavy (non-hydrogen) atoms. The van der Waals surface area contributed by atoms with Gasteiger partial charge in [-0.3, -0.25) is 4.79 Å². The molecule has 0 aliphatic rings. The Hall–Kier alpha value is -1.19. The summed E-state index contributed by atoms with van der Waals surface area (Å²) in [6.45, 7) is 3.62. The summed E-state index contributed by atoms with van der Waals surface area (Å²) in [6.07, 6.45) is -0.0458. The van der Waals surface area contributed by atoms with Crippen LogP contribution < -0.4 is 5.73 Å². The van der Waals surface area contributed by atoms with E-state index in [4.69, 9.17) is 5.73 Å². The van der Waals surface area contributed by atoms with Gasteiger partial charge in [-0.2, -0.15) is 0 Å². The number of hydrogen-bond acceptors (Lipinski definition) is 3. The molecule has 0 bridgehead atoms. The molecule has 3 N–H and O–H groups in total. The van der Waals surface area contributed by atoms with Gasteiger partial charge in [0, 0.05) is 11.6 Å². The van der Waals surface area contributed by atoms with Crippen molar-refractivity contribution >= 4 is 6.29 Å². The fourth-order valence-corrected chi connectivity index (χ4v) is 1.34. The van der Waals surface area contributed by atoms with Crippen molar-refractivity contribution in [2.24, 2.45) is 5.73 Å². The minimum Gasteiger partial charge on any atom is -0.387 e. The summed E-state index contributed by atoms with van der Waals surface area (Å²) in [7, 11) is 0. The van der Waals surface area contributed by atoms with Crippen LogP contribution in [-0.2, 0) is 0 Å². The zero-order valence-corrected chi connectivity index (χ0v) is 8.40. The lowest BCUT2D eigenvalue weighted by Gasteiger charge is -2.17. The van der Waals surface area contributed by atoms with Crippen LogP contribution in [0.15, 0.2) is 18.2 Å². The molecule has 0 aliphatic heterocycles. The van der Waals surface area contributed by atoms with Crippen LogP contribution >= 0.6 is 0 Å². The van der Waals surface area contributed by atoms with Crippen LogP contribution in [0.5, 0.6) is 0 Å². The number of rotatable bonds is 3. The number of benzene rings is 1. The SMILES string of the molecule is Cc1ccc(C=O)c(C(O)C(C)N)c1. The van der Waals surface area contributed by atoms with Crippen LogP contribution in [0.2, 0.25) is 0 Å². The molecule has 0 aromatic heterocycles. The van der Waals surface area contributed by atoms with E-state index in [-0.39, 0.29) is 6.04 Å². The van der Waals surface area contributed by atoms with Gasteiger partial charge in [0.05, 0.1) is 6.10 Å². The van der Waals surface area contributed by atoms with Gasteiger partial charge in [-0.05, 0) is 19.4 Å². The Morgan fingerprint density at radius 2 is 2.14 bits per heavy atom. The number of aliphatic hydroxyl groups is 1. The molecule has 0 saturated carbocycles. The van der Waals surface area contributed by atoms with Crippen molar-refractivity contribution in [3.63, 3.8) is 0 Å². The minimum atomic E-state index is -0.782. The average molecular weight is 193 g/mol. The molecule has 0 aliphatic carbocycles. The molecule has 0 spiro atoms. The third-order valence-corrected chi connectivity index (χ3v) is 2.19. The minimum absolute atomic E-state index is 0.379. The summed E-state index contributed by atoms with van der Waals surface area (Å²) in [5.74, 6) is 0. The van der Waals surface area contributed by atoms with Crippen LogP contribution in [0.25, 0.3) is 0 Å². The number of aldehydes is 1. The fourth-order valence-electron chi connectivity index (χ4n) is 1.34. The second-order valence-corrected chi connectivity index (χ2v) is 3.55. The summed E-state index contributed by atoms with van der Waals surface area (Å²) in [4.78, 5) is 10.7. The monoisotopic (exact) mass is 193 g/mol. The Labute approximate surface area is 83.6 Å². The molecule has 2 atom stereocenters. The number of carbonyl (C=O) groups excluding carboxylic acids is 1. The maximum Gasteiger partial charge on any atom is 0.150 e. The molecule has 0 saturated heterocycles. The van der Waals surface area contributed by atoms with Crippen molar-refractivity contribution in [2.45, 2.75) is 26.0 Å². The number of aliphatic hydroxyl groups excluding tert-OH is 1. The maximum atomic E-state index is 10.7. The highest BCUT2D eigenvalue weighted by molar-refractivity contribution is 5.77. The Kier molecular flexibility index (Phi) is 3.38. The molecule has 0 heterocycles. The smallest absolute Gasteiger partial charge is 0.150 e. The van der Waals surface area contributed by atoms with Gasteiger partial charge in [0.25, 0.3) is 0 Å². The van der Waals surface area contributed by atoms with Gasteiger partial charge in [-0.15, -0.1) is 0 Å². The van der Waals surface area contributed by atoms with E-state index >= 15 is 0 Å². The number of aryl methyl sites for hydroxylation is 1. The predicted octanol–water partition coefficient (Wildman–Crippen LogP) is 1.19. The van der Waals surface area contributed by atoms with E-state index in [9.17, 15) is 9.90 Å². The lowest BCUT2D eigenvalue weighted by Crippen LogP contribution is -2.25. The molecule has 76 valence electrons. The molecule has 0 fully saturated rings. The van der Waals surface area contributed by atoms with Crippen molar-refractivity contribution in [1.29, 1.82) is 0 Å². The van der Waals surface area contributed by atoms with E-state index in [1.165, 1.54) is 0 Å². The Balaban J connectivity index is 3.16. The summed E-state index contributed by atoms with van der Waals surface area (Å²) in [5.41, 5.74) is 7.69. The van der Waals surface area contributed by atoms with Crippen molar-refractivity contribution in [3.05, 3.63) is 34.9 Å². The van der Waals surface area contributed by atoms with E-state index in [0.717, 1.165) is 11.8 Å². The van der Waals surface area contributed by atoms with Crippen LogP contribution in [0, 0.1) is 6.92 Å². The van der Waals surface area contributed by atoms with E-state index in [0.29, 0.717) is 11.1 Å². The Morgan fingerprint density at radius 1 is 1.50 bits per heavy atom. The van der Waals surface area contributed by atoms with Crippen molar-refractivity contribution in [2.75, 3.05) is 0 Å². The average Bonchev–Trinajstić information content (AvgIpc) is 2.16. The lowest BCUT2D eigenvalue weighted by molar-refractivity contribution is 0.111. The quantitative estimate of drug-likeness (QED) is 0.709. The number of nitrogens with two attached hydrogens (primary N) is 1. The molecule has 3 nitrogen and oxygen atoms in total. The zero-order valence-electron chi connectivity index (χ0n) is 8.40. The van der Waals surface area contributed by atoms with E-state index in [1.54, 1.807) is 19.1 Å². The van der Waals surface area contributed by atoms with Gasteiger partial charge in [0.15, 0.2) is 0 Å². The van der Waals surface area contributed by atoms with E-state index in [1.807, 2.05) is 13.0 Å². The van der Waals surface area contributed by atoms with Gasteiger partial charge >= 0.3 is 0 Å². The predicted molar refractivity (Wildman–Crippen MR) is 55.2 cm³/mol. The number of carbonyl (C=O) groups is 1. The molecule has 3 heteroatoms. The van der Waals surface area contributed by atoms with Gasteiger partial charge in [0.2, 0.25) is 0 Å². The second-order valence-electron chi connectivity index (χ2n) is 3.55. The maximum absolute atomic E-state index is 10.7. The van der Waals surface area contributed by atoms with Crippen LogP contribution in [-0.4, -0.2) is 17.4 Å². The molecule has 1 aromatic rings. The topological polar surface area (TPSA) is 63.3 Å². The molecule has 0 radical (unpaired) electrons. The molecule has 2 unspecified atom stereocenters. The first-order valence-corrected chi connectivity index (χ1v) is 4.55. The standard InChI is InChI=1S/C11H15NO2/c1-7-3-4-9(6-13)10(5-7)11(14)8(2)12/h3-6,8,11,14H,12H2,1-2H3. The largest absolute Gasteiger partial charge is 0.387 e. The van der Waals surface area contributed by atoms with E-state index in [2.05, 4.69) is 0 Å². The van der Waals surface area contributed by atoms with Crippen LogP contribution in [0.3, 0.4) is 0 Å². The van der Waals surface area contributed by atoms with Gasteiger partial charge < -0.3 is 10.8 Å². The summed E-state index contributed by atoms with van der Waals surface area (Å²) >= 11 is 0. The third-order valence-electron chi connectivity index (χ3n) is 2.19. The summed E-state index contributed by atoms with van der Waals surface area (Å²) in [5, 5.41) is 9.75. The molecule has 0 amide bonds. The lowest BCUT2D eigenvalue weighted by atomic mass is 9.97. The summed E-state index contributed by atoms with van der Waals surface area (Å²) in [6, 6.07) is 4.94. The van der Waals surface area contributed by atoms with Crippen molar-refractivity contribution in [3.8, 4) is 0 Å². The zero-order chi connectivity index (χ0) is 10.7. The molecular weight excluding hydrogens is 178 g/mol. The fraction of sp³-hybridized carbons (Fsp3) is 0.364. The highest BCUT2D eigenvalue weighted by Crippen LogP contribution is 2.20. The molecular formula is C11H15NO2. The Morgan fingerprint density at radius 3 is 2.64 bits per heavy atom.